The zero-order valence-electron chi connectivity index (χ0n) is 16.0. The van der Waals surface area contributed by atoms with Crippen LogP contribution in [0, 0.1) is 0 Å². The molecule has 0 heterocycles. The van der Waals surface area contributed by atoms with E-state index >= 15 is 0 Å². The number of hydrogen-bond acceptors (Lipinski definition) is 4. The third-order valence-corrected chi connectivity index (χ3v) is 4.77. The molecule has 0 aromatic heterocycles. The minimum atomic E-state index is -0.267. The monoisotopic (exact) mass is 467 g/mol. The summed E-state index contributed by atoms with van der Waals surface area (Å²) in [5.74, 6) is 0.0874. The first kappa shape index (κ1) is 22.2. The van der Waals surface area contributed by atoms with Gasteiger partial charge in [-0.2, -0.15) is 0 Å². The van der Waals surface area contributed by atoms with Gasteiger partial charge in [0.25, 0.3) is 0 Å². The molecule has 1 atom stereocenters. The van der Waals surface area contributed by atoms with E-state index in [-0.39, 0.29) is 30.9 Å². The van der Waals surface area contributed by atoms with Gasteiger partial charge in [-0.1, -0.05) is 39.7 Å². The van der Waals surface area contributed by atoms with Crippen molar-refractivity contribution in [3.63, 3.8) is 0 Å². The van der Waals surface area contributed by atoms with Crippen LogP contribution >= 0.6 is 27.5 Å². The van der Waals surface area contributed by atoms with Crippen molar-refractivity contribution in [3.8, 4) is 5.75 Å². The lowest BCUT2D eigenvalue weighted by atomic mass is 10.1. The zero-order chi connectivity index (χ0) is 20.7. The van der Waals surface area contributed by atoms with Crippen molar-refractivity contribution in [3.05, 3.63) is 57.5 Å². The molecule has 2 N–H and O–H groups in total. The van der Waals surface area contributed by atoms with Crippen LogP contribution in [0.4, 0.5) is 5.69 Å². The Morgan fingerprint density at radius 1 is 1.14 bits per heavy atom. The highest BCUT2D eigenvalue weighted by molar-refractivity contribution is 9.10. The molecule has 28 heavy (non-hydrogen) atoms. The van der Waals surface area contributed by atoms with Gasteiger partial charge in [0, 0.05) is 9.50 Å². The number of methoxy groups -OCH3 is 1. The zero-order valence-corrected chi connectivity index (χ0v) is 18.3. The van der Waals surface area contributed by atoms with E-state index in [1.54, 1.807) is 30.1 Å². The molecule has 0 saturated heterocycles. The van der Waals surface area contributed by atoms with Crippen molar-refractivity contribution in [1.82, 2.24) is 10.2 Å². The summed E-state index contributed by atoms with van der Waals surface area (Å²) in [6.07, 6.45) is 0. The smallest absolute Gasteiger partial charge is 0.238 e. The van der Waals surface area contributed by atoms with Crippen LogP contribution in [-0.4, -0.2) is 44.0 Å². The van der Waals surface area contributed by atoms with E-state index in [4.69, 9.17) is 16.3 Å². The quantitative estimate of drug-likeness (QED) is 0.617. The van der Waals surface area contributed by atoms with Crippen LogP contribution in [0.25, 0.3) is 0 Å². The lowest BCUT2D eigenvalue weighted by molar-refractivity contribution is -0.123. The molecule has 150 valence electrons. The molecular formula is C20H23BrClN3O3. The Kier molecular flexibility index (Phi) is 8.29. The van der Waals surface area contributed by atoms with Crippen molar-refractivity contribution in [2.24, 2.45) is 0 Å². The third kappa shape index (κ3) is 6.82. The summed E-state index contributed by atoms with van der Waals surface area (Å²) >= 11 is 9.36. The van der Waals surface area contributed by atoms with Crippen LogP contribution in [0.15, 0.2) is 46.9 Å². The lowest BCUT2D eigenvalue weighted by Gasteiger charge is -2.19. The SMILES string of the molecule is COc1ccc(Cl)cc1NC(=O)CN(C)CC(=O)NC(C)c1ccc(Br)cc1. The van der Waals surface area contributed by atoms with Gasteiger partial charge in [0.2, 0.25) is 11.8 Å². The second-order valence-electron chi connectivity index (χ2n) is 6.41. The van der Waals surface area contributed by atoms with Crippen molar-refractivity contribution < 1.29 is 14.3 Å². The molecule has 2 rings (SSSR count). The first-order chi connectivity index (χ1) is 13.3. The van der Waals surface area contributed by atoms with Gasteiger partial charge in [0.05, 0.1) is 31.9 Å². The second kappa shape index (κ2) is 10.5. The van der Waals surface area contributed by atoms with Gasteiger partial charge < -0.3 is 15.4 Å². The fraction of sp³-hybridized carbons (Fsp3) is 0.300. The van der Waals surface area contributed by atoms with Crippen LogP contribution in [0.1, 0.15) is 18.5 Å². The average Bonchev–Trinajstić information content (AvgIpc) is 2.61. The number of ether oxygens (including phenoxy) is 1. The minimum absolute atomic E-state index is 0.0513. The molecule has 6 nitrogen and oxygen atoms in total. The number of nitrogens with one attached hydrogen (secondary N) is 2. The summed E-state index contributed by atoms with van der Waals surface area (Å²) < 4.78 is 6.19. The maximum absolute atomic E-state index is 12.3. The second-order valence-corrected chi connectivity index (χ2v) is 7.76. The molecule has 8 heteroatoms. The van der Waals surface area contributed by atoms with Crippen molar-refractivity contribution >= 4 is 45.0 Å². The van der Waals surface area contributed by atoms with E-state index in [0.717, 1.165) is 10.0 Å². The van der Waals surface area contributed by atoms with Crippen molar-refractivity contribution in [2.75, 3.05) is 32.6 Å². The Bertz CT molecular complexity index is 830. The molecule has 0 aliphatic heterocycles. The van der Waals surface area contributed by atoms with E-state index in [9.17, 15) is 9.59 Å². The van der Waals surface area contributed by atoms with Gasteiger partial charge in [0.15, 0.2) is 0 Å². The predicted molar refractivity (Wildman–Crippen MR) is 115 cm³/mol. The molecule has 0 radical (unpaired) electrons. The summed E-state index contributed by atoms with van der Waals surface area (Å²) in [5, 5.41) is 6.17. The summed E-state index contributed by atoms with van der Waals surface area (Å²) in [5.41, 5.74) is 1.49. The van der Waals surface area contributed by atoms with Crippen LogP contribution < -0.4 is 15.4 Å². The lowest BCUT2D eigenvalue weighted by Crippen LogP contribution is -2.39. The first-order valence-electron chi connectivity index (χ1n) is 8.65. The molecule has 0 spiro atoms. The number of halogens is 2. The number of amides is 2. The van der Waals surface area contributed by atoms with E-state index in [1.165, 1.54) is 7.11 Å². The Balaban J connectivity index is 1.84. The molecule has 0 aliphatic carbocycles. The summed E-state index contributed by atoms with van der Waals surface area (Å²) in [6.45, 7) is 2.07. The molecule has 1 unspecified atom stereocenters. The molecule has 0 bridgehead atoms. The fourth-order valence-electron chi connectivity index (χ4n) is 2.64. The van der Waals surface area contributed by atoms with Gasteiger partial charge in [-0.3, -0.25) is 14.5 Å². The Morgan fingerprint density at radius 3 is 2.43 bits per heavy atom. The Morgan fingerprint density at radius 2 is 1.79 bits per heavy atom. The normalized spacial score (nSPS) is 11.8. The molecule has 0 saturated carbocycles. The largest absolute Gasteiger partial charge is 0.495 e. The fourth-order valence-corrected chi connectivity index (χ4v) is 3.07. The van der Waals surface area contributed by atoms with E-state index in [2.05, 4.69) is 26.6 Å². The minimum Gasteiger partial charge on any atom is -0.495 e. The van der Waals surface area contributed by atoms with Gasteiger partial charge in [-0.25, -0.2) is 0 Å². The van der Waals surface area contributed by atoms with E-state index < -0.39 is 0 Å². The highest BCUT2D eigenvalue weighted by Gasteiger charge is 2.15. The molecule has 0 fully saturated rings. The van der Waals surface area contributed by atoms with Crippen molar-refractivity contribution in [2.45, 2.75) is 13.0 Å². The third-order valence-electron chi connectivity index (χ3n) is 4.01. The number of anilines is 1. The molecule has 0 aliphatic rings. The van der Waals surface area contributed by atoms with Crippen LogP contribution in [0.3, 0.4) is 0 Å². The number of rotatable bonds is 8. The summed E-state index contributed by atoms with van der Waals surface area (Å²) in [6, 6.07) is 12.6. The van der Waals surface area contributed by atoms with Crippen LogP contribution in [0.5, 0.6) is 5.75 Å². The molecular weight excluding hydrogens is 446 g/mol. The maximum Gasteiger partial charge on any atom is 0.238 e. The number of likely N-dealkylation sites (N-methyl/N-ethyl adjacent to an activating group) is 1. The number of carbonyl (C=O) groups excluding carboxylic acids is 2. The highest BCUT2D eigenvalue weighted by Crippen LogP contribution is 2.27. The van der Waals surface area contributed by atoms with Gasteiger partial charge in [-0.05, 0) is 49.9 Å². The highest BCUT2D eigenvalue weighted by atomic mass is 79.9. The molecule has 2 amide bonds. The number of benzene rings is 2. The summed E-state index contributed by atoms with van der Waals surface area (Å²) in [4.78, 5) is 26.2. The Labute approximate surface area is 178 Å². The van der Waals surface area contributed by atoms with Crippen LogP contribution in [0.2, 0.25) is 5.02 Å². The van der Waals surface area contributed by atoms with Gasteiger partial charge in [-0.15, -0.1) is 0 Å². The van der Waals surface area contributed by atoms with Gasteiger partial charge >= 0.3 is 0 Å². The van der Waals surface area contributed by atoms with E-state index in [1.807, 2.05) is 31.2 Å². The maximum atomic E-state index is 12.3. The van der Waals surface area contributed by atoms with Crippen LogP contribution in [-0.2, 0) is 9.59 Å². The number of hydrogen-bond donors (Lipinski definition) is 2. The standard InChI is InChI=1S/C20H23BrClN3O3/c1-13(14-4-6-15(21)7-5-14)23-19(26)11-25(2)12-20(27)24-17-10-16(22)8-9-18(17)28-3/h4-10,13H,11-12H2,1-3H3,(H,23,26)(H,24,27). The molecule has 2 aromatic carbocycles. The summed E-state index contributed by atoms with van der Waals surface area (Å²) in [7, 11) is 3.22. The number of carbonyl (C=O) groups is 2. The topological polar surface area (TPSA) is 70.7 Å². The predicted octanol–water partition coefficient (Wildman–Crippen LogP) is 3.86. The van der Waals surface area contributed by atoms with Crippen molar-refractivity contribution in [1.29, 1.82) is 0 Å². The Hall–Kier alpha value is -2.09. The average molecular weight is 469 g/mol. The van der Waals surface area contributed by atoms with Gasteiger partial charge in [0.1, 0.15) is 5.75 Å². The first-order valence-corrected chi connectivity index (χ1v) is 9.82. The molecule has 2 aromatic rings. The number of nitrogens with zero attached hydrogens (tertiary/aromatic N) is 1. The van der Waals surface area contributed by atoms with E-state index in [0.29, 0.717) is 16.5 Å².